The van der Waals surface area contributed by atoms with E-state index in [4.69, 9.17) is 4.74 Å². The Balaban J connectivity index is 2.69. The number of ether oxygens (including phenoxy) is 1. The predicted molar refractivity (Wildman–Crippen MR) is 70.0 cm³/mol. The maximum absolute atomic E-state index is 12.0. The van der Waals surface area contributed by atoms with Gasteiger partial charge in [0.25, 0.3) is 0 Å². The first kappa shape index (κ1) is 14.8. The van der Waals surface area contributed by atoms with Gasteiger partial charge in [-0.15, -0.1) is 0 Å². The fraction of sp³-hybridized carbons (Fsp3) is 0.857. The van der Waals surface area contributed by atoms with Crippen LogP contribution in [-0.2, 0) is 4.74 Å². The van der Waals surface area contributed by atoms with Gasteiger partial charge in [0, 0.05) is 12.6 Å². The quantitative estimate of drug-likeness (QED) is 0.719. The number of piperidine rings is 1. The minimum Gasteiger partial charge on any atom is -0.444 e. The van der Waals surface area contributed by atoms with Crippen LogP contribution in [0.4, 0.5) is 4.79 Å². The second kappa shape index (κ2) is 5.17. The van der Waals surface area contributed by atoms with Gasteiger partial charge in [-0.1, -0.05) is 6.92 Å². The first-order valence-corrected chi connectivity index (χ1v) is 6.64. The van der Waals surface area contributed by atoms with Crippen LogP contribution in [0.15, 0.2) is 0 Å². The highest BCUT2D eigenvalue weighted by molar-refractivity contribution is 5.68. The monoisotopic (exact) mass is 252 g/mol. The van der Waals surface area contributed by atoms with Crippen LogP contribution in [-0.4, -0.2) is 29.2 Å². The summed E-state index contributed by atoms with van der Waals surface area (Å²) in [7, 11) is 0. The molecule has 1 saturated heterocycles. The third kappa shape index (κ3) is 3.38. The van der Waals surface area contributed by atoms with Crippen molar-refractivity contribution in [2.75, 3.05) is 6.54 Å². The van der Waals surface area contributed by atoms with Crippen LogP contribution < -0.4 is 0 Å². The summed E-state index contributed by atoms with van der Waals surface area (Å²) in [5.74, 6) is 0. The summed E-state index contributed by atoms with van der Waals surface area (Å²) >= 11 is 0. The highest BCUT2D eigenvalue weighted by Gasteiger charge is 2.39. The van der Waals surface area contributed by atoms with Crippen molar-refractivity contribution < 1.29 is 9.53 Å². The molecule has 0 bridgehead atoms. The van der Waals surface area contributed by atoms with E-state index in [1.165, 1.54) is 0 Å². The summed E-state index contributed by atoms with van der Waals surface area (Å²) in [6, 6.07) is 2.49. The van der Waals surface area contributed by atoms with Crippen molar-refractivity contribution in [2.24, 2.45) is 5.41 Å². The van der Waals surface area contributed by atoms with E-state index >= 15 is 0 Å². The van der Waals surface area contributed by atoms with Crippen molar-refractivity contribution in [3.63, 3.8) is 0 Å². The molecule has 0 aromatic carbocycles. The summed E-state index contributed by atoms with van der Waals surface area (Å²) in [6.07, 6.45) is 2.05. The first-order valence-electron chi connectivity index (χ1n) is 6.64. The van der Waals surface area contributed by atoms with Gasteiger partial charge in [-0.05, 0) is 47.0 Å². The molecular weight excluding hydrogens is 228 g/mol. The summed E-state index contributed by atoms with van der Waals surface area (Å²) in [4.78, 5) is 13.8. The van der Waals surface area contributed by atoms with E-state index in [1.807, 2.05) is 34.6 Å². The predicted octanol–water partition coefficient (Wildman–Crippen LogP) is 3.33. The van der Waals surface area contributed by atoms with Crippen LogP contribution in [0, 0.1) is 16.7 Å². The normalized spacial score (nSPS) is 28.7. The molecule has 0 spiro atoms. The zero-order chi connectivity index (χ0) is 14.0. The van der Waals surface area contributed by atoms with Crippen LogP contribution >= 0.6 is 0 Å². The van der Waals surface area contributed by atoms with E-state index in [-0.39, 0.29) is 17.6 Å². The third-order valence-electron chi connectivity index (χ3n) is 3.59. The zero-order valence-electron chi connectivity index (χ0n) is 12.1. The highest BCUT2D eigenvalue weighted by Crippen LogP contribution is 2.37. The molecule has 2 unspecified atom stereocenters. The SMILES string of the molecule is CCC1(C#N)CCN(C(=O)OC(C)(C)C)C(C)C1. The first-order chi connectivity index (χ1) is 8.23. The second-order valence-corrected chi connectivity index (χ2v) is 6.22. The van der Waals surface area contributed by atoms with Gasteiger partial charge in [0.2, 0.25) is 0 Å². The van der Waals surface area contributed by atoms with Gasteiger partial charge >= 0.3 is 6.09 Å². The van der Waals surface area contributed by atoms with E-state index in [0.717, 1.165) is 19.3 Å². The molecule has 1 aliphatic heterocycles. The van der Waals surface area contributed by atoms with Gasteiger partial charge < -0.3 is 9.64 Å². The number of hydrogen-bond acceptors (Lipinski definition) is 3. The smallest absolute Gasteiger partial charge is 0.410 e. The van der Waals surface area contributed by atoms with Gasteiger partial charge in [0.15, 0.2) is 0 Å². The molecule has 4 heteroatoms. The zero-order valence-corrected chi connectivity index (χ0v) is 12.1. The molecule has 1 fully saturated rings. The number of amides is 1. The van der Waals surface area contributed by atoms with Crippen LogP contribution in [0.25, 0.3) is 0 Å². The van der Waals surface area contributed by atoms with Crippen molar-refractivity contribution in [1.29, 1.82) is 5.26 Å². The van der Waals surface area contributed by atoms with Crippen molar-refractivity contribution in [2.45, 2.75) is 65.5 Å². The summed E-state index contributed by atoms with van der Waals surface area (Å²) in [6.45, 7) is 10.2. The number of rotatable bonds is 1. The van der Waals surface area contributed by atoms with Crippen molar-refractivity contribution >= 4 is 6.09 Å². The minimum atomic E-state index is -0.467. The van der Waals surface area contributed by atoms with Gasteiger partial charge in [0.1, 0.15) is 5.60 Å². The number of carbonyl (C=O) groups excluding carboxylic acids is 1. The number of carbonyl (C=O) groups is 1. The van der Waals surface area contributed by atoms with Gasteiger partial charge in [0.05, 0.1) is 11.5 Å². The summed E-state index contributed by atoms with van der Waals surface area (Å²) in [5, 5.41) is 9.29. The molecular formula is C14H24N2O2. The van der Waals surface area contributed by atoms with Gasteiger partial charge in [-0.2, -0.15) is 5.26 Å². The van der Waals surface area contributed by atoms with Crippen molar-refractivity contribution in [1.82, 2.24) is 4.90 Å². The third-order valence-corrected chi connectivity index (χ3v) is 3.59. The standard InChI is InChI=1S/C14H24N2O2/c1-6-14(10-15)7-8-16(11(2)9-14)12(17)18-13(3,4)5/h11H,6-9H2,1-5H3. The molecule has 0 N–H and O–H groups in total. The van der Waals surface area contributed by atoms with Crippen LogP contribution in [0.2, 0.25) is 0 Å². The van der Waals surface area contributed by atoms with E-state index < -0.39 is 5.60 Å². The van der Waals surface area contributed by atoms with E-state index in [1.54, 1.807) is 4.90 Å². The topological polar surface area (TPSA) is 53.3 Å². The number of nitrogens with zero attached hydrogens (tertiary/aromatic N) is 2. The molecule has 0 aliphatic carbocycles. The highest BCUT2D eigenvalue weighted by atomic mass is 16.6. The Hall–Kier alpha value is -1.24. The lowest BCUT2D eigenvalue weighted by Crippen LogP contribution is -2.49. The van der Waals surface area contributed by atoms with Crippen LogP contribution in [0.1, 0.15) is 53.9 Å². The molecule has 102 valence electrons. The Kier molecular flexibility index (Phi) is 4.26. The molecule has 1 amide bonds. The van der Waals surface area contributed by atoms with E-state index in [9.17, 15) is 10.1 Å². The molecule has 0 aromatic heterocycles. The summed E-state index contributed by atoms with van der Waals surface area (Å²) < 4.78 is 5.39. The molecule has 0 saturated carbocycles. The lowest BCUT2D eigenvalue weighted by atomic mass is 9.75. The Morgan fingerprint density at radius 1 is 1.56 bits per heavy atom. The van der Waals surface area contributed by atoms with E-state index in [0.29, 0.717) is 6.54 Å². The summed E-state index contributed by atoms with van der Waals surface area (Å²) in [5.41, 5.74) is -0.733. The molecule has 1 aliphatic rings. The Labute approximate surface area is 110 Å². The van der Waals surface area contributed by atoms with Crippen LogP contribution in [0.5, 0.6) is 0 Å². The number of nitriles is 1. The molecule has 18 heavy (non-hydrogen) atoms. The van der Waals surface area contributed by atoms with Crippen molar-refractivity contribution in [3.8, 4) is 6.07 Å². The molecule has 4 nitrogen and oxygen atoms in total. The lowest BCUT2D eigenvalue weighted by Gasteiger charge is -2.41. The molecule has 0 radical (unpaired) electrons. The molecule has 1 heterocycles. The fourth-order valence-corrected chi connectivity index (χ4v) is 2.43. The fourth-order valence-electron chi connectivity index (χ4n) is 2.43. The Morgan fingerprint density at radius 3 is 2.56 bits per heavy atom. The minimum absolute atomic E-state index is 0.0631. The number of likely N-dealkylation sites (tertiary alicyclic amines) is 1. The molecule has 1 rings (SSSR count). The Bertz CT molecular complexity index is 354. The second-order valence-electron chi connectivity index (χ2n) is 6.22. The van der Waals surface area contributed by atoms with E-state index in [2.05, 4.69) is 6.07 Å². The molecule has 0 aromatic rings. The molecule has 2 atom stereocenters. The van der Waals surface area contributed by atoms with Crippen molar-refractivity contribution in [3.05, 3.63) is 0 Å². The maximum atomic E-state index is 12.0. The Morgan fingerprint density at radius 2 is 2.17 bits per heavy atom. The lowest BCUT2D eigenvalue weighted by molar-refractivity contribution is 0.00135. The number of hydrogen-bond donors (Lipinski definition) is 0. The average Bonchev–Trinajstić information content (AvgIpc) is 2.26. The van der Waals surface area contributed by atoms with Gasteiger partial charge in [-0.25, -0.2) is 4.79 Å². The maximum Gasteiger partial charge on any atom is 0.410 e. The largest absolute Gasteiger partial charge is 0.444 e. The average molecular weight is 252 g/mol. The van der Waals surface area contributed by atoms with Gasteiger partial charge in [-0.3, -0.25) is 0 Å². The van der Waals surface area contributed by atoms with Crippen LogP contribution in [0.3, 0.4) is 0 Å².